The molecular weight excluding hydrogens is 340 g/mol. The zero-order chi connectivity index (χ0) is 19.4. The lowest BCUT2D eigenvalue weighted by Gasteiger charge is -2.14. The number of benzene rings is 1. The Labute approximate surface area is 157 Å². The zero-order valence-electron chi connectivity index (χ0n) is 15.5. The number of amides is 1. The van der Waals surface area contributed by atoms with Gasteiger partial charge in [-0.25, -0.2) is 4.98 Å². The van der Waals surface area contributed by atoms with Crippen LogP contribution < -0.4 is 5.32 Å². The molecular formula is C20H20N6O. The highest BCUT2D eigenvalue weighted by molar-refractivity contribution is 5.95. The summed E-state index contributed by atoms with van der Waals surface area (Å²) in [5.74, 6) is -0.161. The molecule has 1 aromatic carbocycles. The minimum Gasteiger partial charge on any atom is -0.348 e. The lowest BCUT2D eigenvalue weighted by Crippen LogP contribution is -2.35. The molecule has 0 radical (unpaired) electrons. The number of carbonyl (C=O) groups is 1. The summed E-state index contributed by atoms with van der Waals surface area (Å²) in [5, 5.41) is 16.2. The van der Waals surface area contributed by atoms with E-state index >= 15 is 0 Å². The fourth-order valence-electron chi connectivity index (χ4n) is 2.93. The fraction of sp³-hybridized carbons (Fsp3) is 0.250. The first kappa shape index (κ1) is 18.3. The summed E-state index contributed by atoms with van der Waals surface area (Å²) in [6, 6.07) is 11.3. The predicted octanol–water partition coefficient (Wildman–Crippen LogP) is 2.65. The number of nitrogens with zero attached hydrogens (tertiary/aromatic N) is 5. The normalized spacial score (nSPS) is 11.6. The predicted molar refractivity (Wildman–Crippen MR) is 101 cm³/mol. The largest absolute Gasteiger partial charge is 0.348 e. The molecule has 1 N–H and O–H groups in total. The Morgan fingerprint density at radius 2 is 2.15 bits per heavy atom. The molecule has 136 valence electrons. The van der Waals surface area contributed by atoms with Crippen molar-refractivity contribution in [3.8, 4) is 17.3 Å². The van der Waals surface area contributed by atoms with Crippen LogP contribution in [-0.2, 0) is 6.54 Å². The Kier molecular flexibility index (Phi) is 5.27. The third-order valence-electron chi connectivity index (χ3n) is 4.23. The van der Waals surface area contributed by atoms with Crippen molar-refractivity contribution in [2.24, 2.45) is 0 Å². The van der Waals surface area contributed by atoms with Crippen LogP contribution in [0, 0.1) is 25.2 Å². The second kappa shape index (κ2) is 7.79. The van der Waals surface area contributed by atoms with Gasteiger partial charge in [0, 0.05) is 17.2 Å². The number of nitrogens with one attached hydrogen (secondary N) is 1. The fourth-order valence-corrected chi connectivity index (χ4v) is 2.93. The smallest absolute Gasteiger partial charge is 0.251 e. The van der Waals surface area contributed by atoms with Crippen molar-refractivity contribution >= 4 is 5.91 Å². The molecule has 7 heteroatoms. The first-order chi connectivity index (χ1) is 13.0. The molecule has 1 amide bonds. The van der Waals surface area contributed by atoms with Crippen LogP contribution in [-0.4, -0.2) is 31.7 Å². The van der Waals surface area contributed by atoms with E-state index in [9.17, 15) is 10.1 Å². The van der Waals surface area contributed by atoms with E-state index in [-0.39, 0.29) is 11.9 Å². The molecule has 0 bridgehead atoms. The van der Waals surface area contributed by atoms with Crippen LogP contribution in [0.25, 0.3) is 11.3 Å². The lowest BCUT2D eigenvalue weighted by atomic mass is 10.0. The Morgan fingerprint density at radius 3 is 2.81 bits per heavy atom. The second-order valence-electron chi connectivity index (χ2n) is 6.47. The maximum Gasteiger partial charge on any atom is 0.251 e. The molecule has 27 heavy (non-hydrogen) atoms. The number of nitriles is 1. The molecule has 1 unspecified atom stereocenters. The molecule has 1 atom stereocenters. The van der Waals surface area contributed by atoms with Crippen LogP contribution in [0.15, 0.2) is 43.0 Å². The third-order valence-corrected chi connectivity index (χ3v) is 4.23. The van der Waals surface area contributed by atoms with Crippen LogP contribution >= 0.6 is 0 Å². The summed E-state index contributed by atoms with van der Waals surface area (Å²) in [6.07, 6.45) is 3.08. The van der Waals surface area contributed by atoms with Gasteiger partial charge in [-0.1, -0.05) is 12.1 Å². The Morgan fingerprint density at radius 1 is 1.33 bits per heavy atom. The first-order valence-corrected chi connectivity index (χ1v) is 8.60. The molecule has 3 rings (SSSR count). The van der Waals surface area contributed by atoms with Crippen molar-refractivity contribution in [1.29, 1.82) is 5.26 Å². The van der Waals surface area contributed by atoms with Gasteiger partial charge < -0.3 is 5.32 Å². The summed E-state index contributed by atoms with van der Waals surface area (Å²) in [5.41, 5.74) is 4.28. The van der Waals surface area contributed by atoms with Crippen LogP contribution in [0.1, 0.15) is 34.1 Å². The lowest BCUT2D eigenvalue weighted by molar-refractivity contribution is 0.0936. The Hall–Kier alpha value is -3.53. The van der Waals surface area contributed by atoms with E-state index in [0.717, 1.165) is 16.8 Å². The van der Waals surface area contributed by atoms with Gasteiger partial charge in [0.25, 0.3) is 5.91 Å². The van der Waals surface area contributed by atoms with Crippen molar-refractivity contribution in [1.82, 2.24) is 25.1 Å². The number of hydrogen-bond donors (Lipinski definition) is 1. The third kappa shape index (κ3) is 4.18. The highest BCUT2D eigenvalue weighted by Crippen LogP contribution is 2.22. The maximum atomic E-state index is 12.6. The van der Waals surface area contributed by atoms with Gasteiger partial charge in [0.05, 0.1) is 23.5 Å². The van der Waals surface area contributed by atoms with Crippen molar-refractivity contribution in [3.05, 3.63) is 65.4 Å². The van der Waals surface area contributed by atoms with Crippen LogP contribution in [0.3, 0.4) is 0 Å². The van der Waals surface area contributed by atoms with E-state index in [2.05, 4.69) is 26.5 Å². The molecule has 0 aliphatic carbocycles. The molecule has 0 saturated carbocycles. The minimum absolute atomic E-state index is 0.0969. The highest BCUT2D eigenvalue weighted by Gasteiger charge is 2.13. The molecule has 2 heterocycles. The van der Waals surface area contributed by atoms with Crippen LogP contribution in [0.4, 0.5) is 0 Å². The Balaban J connectivity index is 1.79. The molecule has 0 saturated heterocycles. The number of rotatable bonds is 5. The van der Waals surface area contributed by atoms with Gasteiger partial charge >= 0.3 is 0 Å². The van der Waals surface area contributed by atoms with Crippen molar-refractivity contribution in [2.75, 3.05) is 0 Å². The van der Waals surface area contributed by atoms with Gasteiger partial charge in [-0.3, -0.25) is 14.5 Å². The molecule has 2 aromatic heterocycles. The van der Waals surface area contributed by atoms with Crippen molar-refractivity contribution in [3.63, 3.8) is 0 Å². The molecule has 7 nitrogen and oxygen atoms in total. The number of carbonyl (C=O) groups excluding carboxylic acids is 1. The average molecular weight is 360 g/mol. The summed E-state index contributed by atoms with van der Waals surface area (Å²) in [7, 11) is 0. The van der Waals surface area contributed by atoms with Crippen molar-refractivity contribution in [2.45, 2.75) is 33.4 Å². The Bertz CT molecular complexity index is 981. The molecule has 0 aliphatic heterocycles. The topological polar surface area (TPSA) is 96.5 Å². The number of hydrogen-bond acceptors (Lipinski definition) is 5. The van der Waals surface area contributed by atoms with Gasteiger partial charge in [0.15, 0.2) is 0 Å². The van der Waals surface area contributed by atoms with Crippen LogP contribution in [0.2, 0.25) is 0 Å². The van der Waals surface area contributed by atoms with Gasteiger partial charge in [0.1, 0.15) is 18.7 Å². The molecule has 0 spiro atoms. The van der Waals surface area contributed by atoms with E-state index in [1.54, 1.807) is 17.1 Å². The zero-order valence-corrected chi connectivity index (χ0v) is 15.5. The maximum absolute atomic E-state index is 12.6. The quantitative estimate of drug-likeness (QED) is 0.754. The molecule has 3 aromatic rings. The number of aromatic nitrogens is 4. The van der Waals surface area contributed by atoms with Gasteiger partial charge in [-0.05, 0) is 44.5 Å². The molecule has 0 aliphatic rings. The van der Waals surface area contributed by atoms with Crippen molar-refractivity contribution < 1.29 is 4.79 Å². The highest BCUT2D eigenvalue weighted by atomic mass is 16.1. The number of pyridine rings is 1. The number of aryl methyl sites for hydroxylation is 2. The summed E-state index contributed by atoms with van der Waals surface area (Å²) in [6.45, 7) is 6.16. The summed E-state index contributed by atoms with van der Waals surface area (Å²) < 4.78 is 1.67. The second-order valence-corrected chi connectivity index (χ2v) is 6.47. The van der Waals surface area contributed by atoms with Crippen LogP contribution in [0.5, 0.6) is 0 Å². The summed E-state index contributed by atoms with van der Waals surface area (Å²) >= 11 is 0. The molecule has 0 fully saturated rings. The SMILES string of the molecule is Cc1cc(-c2cccc(C(=O)NC(C)Cn3cncn3)c2)nc(C)c1C#N. The monoisotopic (exact) mass is 360 g/mol. The summed E-state index contributed by atoms with van der Waals surface area (Å²) in [4.78, 5) is 21.0. The average Bonchev–Trinajstić information content (AvgIpc) is 3.14. The first-order valence-electron chi connectivity index (χ1n) is 8.60. The van der Waals surface area contributed by atoms with E-state index in [1.165, 1.54) is 6.33 Å². The van der Waals surface area contributed by atoms with E-state index in [1.807, 2.05) is 45.0 Å². The minimum atomic E-state index is -0.161. The van der Waals surface area contributed by atoms with E-state index in [4.69, 9.17) is 0 Å². The van der Waals surface area contributed by atoms with E-state index < -0.39 is 0 Å². The standard InChI is InChI=1S/C20H20N6O/c1-13-7-19(25-15(3)18(13)9-21)16-5-4-6-17(8-16)20(27)24-14(2)10-26-12-22-11-23-26/h4-8,11-12,14H,10H2,1-3H3,(H,24,27). The van der Waals surface area contributed by atoms with E-state index in [0.29, 0.717) is 23.4 Å². The van der Waals surface area contributed by atoms with Gasteiger partial charge in [-0.2, -0.15) is 10.4 Å². The van der Waals surface area contributed by atoms with Gasteiger partial charge in [-0.15, -0.1) is 0 Å². The van der Waals surface area contributed by atoms with Gasteiger partial charge in [0.2, 0.25) is 0 Å².